The summed E-state index contributed by atoms with van der Waals surface area (Å²) in [5, 5.41) is 0. The third-order valence-electron chi connectivity index (χ3n) is 3.96. The van der Waals surface area contributed by atoms with E-state index in [1.165, 1.54) is 5.56 Å². The van der Waals surface area contributed by atoms with Crippen molar-refractivity contribution < 1.29 is 4.79 Å². The van der Waals surface area contributed by atoms with Crippen LogP contribution in [0.1, 0.15) is 31.7 Å². The lowest BCUT2D eigenvalue weighted by Gasteiger charge is -2.24. The van der Waals surface area contributed by atoms with E-state index in [9.17, 15) is 4.79 Å². The molecule has 3 heteroatoms. The van der Waals surface area contributed by atoms with Crippen molar-refractivity contribution >= 4 is 5.91 Å². The van der Waals surface area contributed by atoms with Gasteiger partial charge in [-0.2, -0.15) is 0 Å². The highest BCUT2D eigenvalue weighted by molar-refractivity contribution is 5.76. The predicted molar refractivity (Wildman–Crippen MR) is 78.2 cm³/mol. The summed E-state index contributed by atoms with van der Waals surface area (Å²) in [6.45, 7) is 8.95. The molecule has 0 radical (unpaired) electrons. The van der Waals surface area contributed by atoms with Gasteiger partial charge in [0, 0.05) is 39.1 Å². The summed E-state index contributed by atoms with van der Waals surface area (Å²) in [6, 6.07) is 10.6. The van der Waals surface area contributed by atoms with E-state index in [0.29, 0.717) is 18.2 Å². The van der Waals surface area contributed by atoms with Crippen LogP contribution in [0.15, 0.2) is 30.3 Å². The van der Waals surface area contributed by atoms with Gasteiger partial charge in [0.25, 0.3) is 0 Å². The summed E-state index contributed by atoms with van der Waals surface area (Å²) in [4.78, 5) is 16.2. The molecule has 1 atom stereocenters. The minimum absolute atomic E-state index is 0.303. The molecule has 0 bridgehead atoms. The van der Waals surface area contributed by atoms with Crippen LogP contribution in [-0.2, 0) is 4.79 Å². The Hall–Kier alpha value is -1.35. The lowest BCUT2D eigenvalue weighted by molar-refractivity contribution is -0.130. The van der Waals surface area contributed by atoms with Crippen LogP contribution in [0.4, 0.5) is 0 Å². The number of carbonyl (C=O) groups excluding carboxylic acids is 1. The van der Waals surface area contributed by atoms with E-state index >= 15 is 0 Å². The second kappa shape index (κ2) is 6.71. The fourth-order valence-corrected chi connectivity index (χ4v) is 2.70. The number of rotatable bonds is 4. The number of amides is 1. The smallest absolute Gasteiger partial charge is 0.223 e. The van der Waals surface area contributed by atoms with Crippen molar-refractivity contribution in [2.45, 2.75) is 26.2 Å². The van der Waals surface area contributed by atoms with Crippen LogP contribution >= 0.6 is 0 Å². The maximum atomic E-state index is 11.8. The predicted octanol–water partition coefficient (Wildman–Crippen LogP) is 2.34. The van der Waals surface area contributed by atoms with Gasteiger partial charge in [-0.3, -0.25) is 4.79 Å². The van der Waals surface area contributed by atoms with Crippen molar-refractivity contribution in [3.8, 4) is 0 Å². The maximum absolute atomic E-state index is 11.8. The fourth-order valence-electron chi connectivity index (χ4n) is 2.70. The van der Waals surface area contributed by atoms with Gasteiger partial charge < -0.3 is 9.80 Å². The average molecular weight is 260 g/mol. The molecule has 2 rings (SSSR count). The van der Waals surface area contributed by atoms with Crippen molar-refractivity contribution in [3.63, 3.8) is 0 Å². The van der Waals surface area contributed by atoms with Gasteiger partial charge in [-0.05, 0) is 18.4 Å². The van der Waals surface area contributed by atoms with Crippen LogP contribution in [0, 0.1) is 0 Å². The third kappa shape index (κ3) is 3.80. The lowest BCUT2D eigenvalue weighted by Crippen LogP contribution is -2.34. The topological polar surface area (TPSA) is 23.6 Å². The molecule has 1 fully saturated rings. The first-order chi connectivity index (χ1) is 9.20. The van der Waals surface area contributed by atoms with E-state index in [-0.39, 0.29) is 0 Å². The Balaban J connectivity index is 1.91. The summed E-state index contributed by atoms with van der Waals surface area (Å²) in [5.41, 5.74) is 1.38. The molecule has 0 N–H and O–H groups in total. The first-order valence-corrected chi connectivity index (χ1v) is 7.25. The highest BCUT2D eigenvalue weighted by Crippen LogP contribution is 2.17. The van der Waals surface area contributed by atoms with Crippen LogP contribution in [-0.4, -0.2) is 48.4 Å². The van der Waals surface area contributed by atoms with E-state index in [2.05, 4.69) is 49.1 Å². The molecule has 0 unspecified atom stereocenters. The minimum Gasteiger partial charge on any atom is -0.342 e. The second-order valence-electron chi connectivity index (χ2n) is 5.34. The molecule has 19 heavy (non-hydrogen) atoms. The fraction of sp³-hybridized carbons (Fsp3) is 0.562. The molecule has 1 aliphatic heterocycles. The van der Waals surface area contributed by atoms with Crippen molar-refractivity contribution in [1.82, 2.24) is 9.80 Å². The Morgan fingerprint density at radius 2 is 1.89 bits per heavy atom. The Kier molecular flexibility index (Phi) is 4.97. The Bertz CT molecular complexity index is 404. The maximum Gasteiger partial charge on any atom is 0.223 e. The van der Waals surface area contributed by atoms with Crippen LogP contribution < -0.4 is 0 Å². The summed E-state index contributed by atoms with van der Waals surface area (Å²) in [7, 11) is 0. The molecule has 0 aromatic heterocycles. The third-order valence-corrected chi connectivity index (χ3v) is 3.96. The quantitative estimate of drug-likeness (QED) is 0.829. The second-order valence-corrected chi connectivity index (χ2v) is 5.34. The zero-order chi connectivity index (χ0) is 13.7. The molecule has 0 spiro atoms. The molecule has 1 heterocycles. The van der Waals surface area contributed by atoms with Crippen molar-refractivity contribution in [2.24, 2.45) is 0 Å². The van der Waals surface area contributed by atoms with Crippen molar-refractivity contribution in [3.05, 3.63) is 35.9 Å². The van der Waals surface area contributed by atoms with Gasteiger partial charge in [0.05, 0.1) is 0 Å². The van der Waals surface area contributed by atoms with E-state index < -0.39 is 0 Å². The molecule has 1 aliphatic rings. The molecule has 1 amide bonds. The molecule has 1 aromatic rings. The zero-order valence-electron chi connectivity index (χ0n) is 12.0. The highest BCUT2D eigenvalue weighted by Gasteiger charge is 2.20. The number of hydrogen-bond acceptors (Lipinski definition) is 2. The summed E-state index contributed by atoms with van der Waals surface area (Å²) < 4.78 is 0. The van der Waals surface area contributed by atoms with E-state index in [4.69, 9.17) is 0 Å². The van der Waals surface area contributed by atoms with Crippen LogP contribution in [0.25, 0.3) is 0 Å². The van der Waals surface area contributed by atoms with Gasteiger partial charge in [-0.15, -0.1) is 0 Å². The van der Waals surface area contributed by atoms with E-state index in [1.807, 2.05) is 4.90 Å². The summed E-state index contributed by atoms with van der Waals surface area (Å²) >= 11 is 0. The largest absolute Gasteiger partial charge is 0.342 e. The number of benzene rings is 1. The van der Waals surface area contributed by atoms with Gasteiger partial charge in [0.15, 0.2) is 0 Å². The molecular weight excluding hydrogens is 236 g/mol. The molecule has 3 nitrogen and oxygen atoms in total. The highest BCUT2D eigenvalue weighted by atomic mass is 16.2. The first-order valence-electron chi connectivity index (χ1n) is 7.25. The monoisotopic (exact) mass is 260 g/mol. The zero-order valence-corrected chi connectivity index (χ0v) is 12.0. The summed E-state index contributed by atoms with van der Waals surface area (Å²) in [5.74, 6) is 0.821. The van der Waals surface area contributed by atoms with Gasteiger partial charge in [0.1, 0.15) is 0 Å². The van der Waals surface area contributed by atoms with Crippen LogP contribution in [0.5, 0.6) is 0 Å². The molecule has 1 aromatic carbocycles. The first kappa shape index (κ1) is 14.1. The molecule has 0 saturated carbocycles. The standard InChI is InChI=1S/C16H24N2O/c1-3-18-12-11-17(10-9-16(18)19)13-14(2)15-7-5-4-6-8-15/h4-8,14H,3,9-13H2,1-2H3/t14-/m1/s1. The van der Waals surface area contributed by atoms with Crippen LogP contribution in [0.3, 0.4) is 0 Å². The Morgan fingerprint density at radius 1 is 1.16 bits per heavy atom. The van der Waals surface area contributed by atoms with Gasteiger partial charge in [0.2, 0.25) is 5.91 Å². The number of hydrogen-bond donors (Lipinski definition) is 0. The van der Waals surface area contributed by atoms with E-state index in [0.717, 1.165) is 32.7 Å². The van der Waals surface area contributed by atoms with Crippen LogP contribution in [0.2, 0.25) is 0 Å². The number of nitrogens with zero attached hydrogens (tertiary/aromatic N) is 2. The van der Waals surface area contributed by atoms with Crippen molar-refractivity contribution in [1.29, 1.82) is 0 Å². The number of likely N-dealkylation sites (N-methyl/N-ethyl adjacent to an activating group) is 1. The van der Waals surface area contributed by atoms with Crippen molar-refractivity contribution in [2.75, 3.05) is 32.7 Å². The Morgan fingerprint density at radius 3 is 2.58 bits per heavy atom. The average Bonchev–Trinajstić information content (AvgIpc) is 2.62. The van der Waals surface area contributed by atoms with E-state index in [1.54, 1.807) is 0 Å². The normalized spacial score (nSPS) is 19.3. The molecule has 1 saturated heterocycles. The number of carbonyl (C=O) groups is 1. The van der Waals surface area contributed by atoms with Gasteiger partial charge >= 0.3 is 0 Å². The SMILES string of the molecule is CCN1CCN(C[C@@H](C)c2ccccc2)CCC1=O. The molecule has 104 valence electrons. The minimum atomic E-state index is 0.303. The lowest BCUT2D eigenvalue weighted by atomic mass is 10.0. The Labute approximate surface area is 116 Å². The summed E-state index contributed by atoms with van der Waals surface area (Å²) in [6.07, 6.45) is 0.662. The van der Waals surface area contributed by atoms with Gasteiger partial charge in [-0.1, -0.05) is 37.3 Å². The molecule has 0 aliphatic carbocycles. The van der Waals surface area contributed by atoms with Gasteiger partial charge in [-0.25, -0.2) is 0 Å². The molecular formula is C16H24N2O.